The van der Waals surface area contributed by atoms with Crippen molar-refractivity contribution in [2.45, 2.75) is 26.3 Å². The van der Waals surface area contributed by atoms with Crippen LogP contribution in [0.3, 0.4) is 0 Å². The third-order valence-electron chi connectivity index (χ3n) is 4.00. The van der Waals surface area contributed by atoms with Crippen molar-refractivity contribution in [3.63, 3.8) is 0 Å². The number of carboxylic acid groups (broad SMARTS) is 1. The molecule has 1 N–H and O–H groups in total. The smallest absolute Gasteiger partial charge is 0.307 e. The van der Waals surface area contributed by atoms with Gasteiger partial charge in [0.2, 0.25) is 0 Å². The molecule has 0 aliphatic carbocycles. The number of carbonyl (C=O) groups is 1. The largest absolute Gasteiger partial charge is 0.481 e. The van der Waals surface area contributed by atoms with E-state index in [0.29, 0.717) is 0 Å². The first kappa shape index (κ1) is 14.3. The molecule has 0 radical (unpaired) electrons. The lowest BCUT2D eigenvalue weighted by Gasteiger charge is -2.08. The molecule has 0 unspecified atom stereocenters. The maximum atomic E-state index is 11.1. The number of fused-ring (bicyclic) bond motifs is 1. The van der Waals surface area contributed by atoms with E-state index in [1.54, 1.807) is 6.20 Å². The molecule has 0 bridgehead atoms. The number of carboxylic acids is 1. The van der Waals surface area contributed by atoms with Gasteiger partial charge in [0.25, 0.3) is 0 Å². The normalized spacial score (nSPS) is 11.0. The van der Waals surface area contributed by atoms with Crippen molar-refractivity contribution in [3.05, 3.63) is 65.5 Å². The Morgan fingerprint density at radius 1 is 1.18 bits per heavy atom. The minimum atomic E-state index is -0.811. The Balaban J connectivity index is 1.98. The summed E-state index contributed by atoms with van der Waals surface area (Å²) in [6.45, 7) is 2.77. The summed E-state index contributed by atoms with van der Waals surface area (Å²) < 4.78 is 2.13. The zero-order valence-electron chi connectivity index (χ0n) is 12.5. The number of aryl methyl sites for hydroxylation is 2. The van der Waals surface area contributed by atoms with Crippen LogP contribution in [0, 0.1) is 6.92 Å². The van der Waals surface area contributed by atoms with Gasteiger partial charge in [-0.25, -0.2) is 4.98 Å². The third-order valence-corrected chi connectivity index (χ3v) is 4.00. The van der Waals surface area contributed by atoms with Gasteiger partial charge in [-0.15, -0.1) is 0 Å². The van der Waals surface area contributed by atoms with Gasteiger partial charge in [0, 0.05) is 23.8 Å². The van der Waals surface area contributed by atoms with E-state index in [0.717, 1.165) is 35.3 Å². The van der Waals surface area contributed by atoms with Crippen LogP contribution in [-0.2, 0) is 24.2 Å². The molecule has 0 aliphatic rings. The van der Waals surface area contributed by atoms with Crippen LogP contribution < -0.4 is 0 Å². The van der Waals surface area contributed by atoms with Crippen molar-refractivity contribution in [1.82, 2.24) is 9.55 Å². The molecular formula is C18H18N2O2. The van der Waals surface area contributed by atoms with Crippen molar-refractivity contribution in [3.8, 4) is 0 Å². The van der Waals surface area contributed by atoms with Crippen molar-refractivity contribution in [2.75, 3.05) is 0 Å². The number of benzene rings is 1. The Morgan fingerprint density at radius 2 is 1.95 bits per heavy atom. The van der Waals surface area contributed by atoms with Crippen LogP contribution in [0.25, 0.3) is 11.0 Å². The topological polar surface area (TPSA) is 55.1 Å². The Kier molecular flexibility index (Phi) is 3.92. The highest BCUT2D eigenvalue weighted by Crippen LogP contribution is 2.25. The molecule has 0 aliphatic heterocycles. The summed E-state index contributed by atoms with van der Waals surface area (Å²) >= 11 is 0. The number of pyridine rings is 1. The predicted molar refractivity (Wildman–Crippen MR) is 86.0 cm³/mol. The van der Waals surface area contributed by atoms with E-state index in [9.17, 15) is 4.79 Å². The highest BCUT2D eigenvalue weighted by Gasteiger charge is 2.16. The van der Waals surface area contributed by atoms with Crippen LogP contribution in [0.5, 0.6) is 0 Å². The fraction of sp³-hybridized carbons (Fsp3) is 0.222. The minimum Gasteiger partial charge on any atom is -0.481 e. The maximum absolute atomic E-state index is 11.1. The second kappa shape index (κ2) is 6.02. The van der Waals surface area contributed by atoms with Gasteiger partial charge >= 0.3 is 5.97 Å². The molecule has 0 fully saturated rings. The molecule has 0 spiro atoms. The van der Waals surface area contributed by atoms with Crippen LogP contribution in [0.1, 0.15) is 16.8 Å². The standard InChI is InChI=1S/C18H18N2O2/c1-13-16(12-17(21)22)15-8-5-10-19-18(15)20(13)11-9-14-6-3-2-4-7-14/h2-8,10H,9,11-12H2,1H3,(H,21,22). The summed E-state index contributed by atoms with van der Waals surface area (Å²) in [6.07, 6.45) is 2.69. The van der Waals surface area contributed by atoms with E-state index < -0.39 is 5.97 Å². The maximum Gasteiger partial charge on any atom is 0.307 e. The van der Waals surface area contributed by atoms with Gasteiger partial charge in [-0.1, -0.05) is 30.3 Å². The van der Waals surface area contributed by atoms with E-state index in [-0.39, 0.29) is 6.42 Å². The zero-order chi connectivity index (χ0) is 15.5. The van der Waals surface area contributed by atoms with Gasteiger partial charge in [0.05, 0.1) is 6.42 Å². The fourth-order valence-corrected chi connectivity index (χ4v) is 2.90. The van der Waals surface area contributed by atoms with Crippen LogP contribution in [0.2, 0.25) is 0 Å². The lowest BCUT2D eigenvalue weighted by atomic mass is 10.1. The first-order chi connectivity index (χ1) is 10.7. The van der Waals surface area contributed by atoms with Gasteiger partial charge in [-0.2, -0.15) is 0 Å². The number of aliphatic carboxylic acids is 1. The number of hydrogen-bond acceptors (Lipinski definition) is 2. The monoisotopic (exact) mass is 294 g/mol. The molecule has 0 amide bonds. The highest BCUT2D eigenvalue weighted by atomic mass is 16.4. The second-order valence-corrected chi connectivity index (χ2v) is 5.40. The summed E-state index contributed by atoms with van der Waals surface area (Å²) in [7, 11) is 0. The highest BCUT2D eigenvalue weighted by molar-refractivity contribution is 5.86. The predicted octanol–water partition coefficient (Wildman–Crippen LogP) is 3.21. The summed E-state index contributed by atoms with van der Waals surface area (Å²) in [5, 5.41) is 10.1. The van der Waals surface area contributed by atoms with Crippen LogP contribution in [-0.4, -0.2) is 20.6 Å². The molecule has 3 rings (SSSR count). The molecular weight excluding hydrogens is 276 g/mol. The van der Waals surface area contributed by atoms with Crippen molar-refractivity contribution in [2.24, 2.45) is 0 Å². The van der Waals surface area contributed by atoms with E-state index in [4.69, 9.17) is 5.11 Å². The summed E-state index contributed by atoms with van der Waals surface area (Å²) in [6, 6.07) is 14.1. The molecule has 0 saturated carbocycles. The van der Waals surface area contributed by atoms with Crippen molar-refractivity contribution < 1.29 is 9.90 Å². The molecule has 0 atom stereocenters. The average Bonchev–Trinajstić information content (AvgIpc) is 2.78. The Labute approximate surface area is 129 Å². The molecule has 0 saturated heterocycles. The Hall–Kier alpha value is -2.62. The van der Waals surface area contributed by atoms with Crippen LogP contribution in [0.15, 0.2) is 48.7 Å². The first-order valence-corrected chi connectivity index (χ1v) is 7.35. The van der Waals surface area contributed by atoms with Gasteiger partial charge in [0.1, 0.15) is 5.65 Å². The molecule has 1 aromatic carbocycles. The van der Waals surface area contributed by atoms with Gasteiger partial charge in [-0.3, -0.25) is 4.79 Å². The van der Waals surface area contributed by atoms with Gasteiger partial charge in [-0.05, 0) is 36.6 Å². The number of nitrogens with zero attached hydrogens (tertiary/aromatic N) is 2. The quantitative estimate of drug-likeness (QED) is 0.786. The SMILES string of the molecule is Cc1c(CC(=O)O)c2cccnc2n1CCc1ccccc1. The molecule has 3 aromatic rings. The van der Waals surface area contributed by atoms with E-state index in [2.05, 4.69) is 21.7 Å². The summed E-state index contributed by atoms with van der Waals surface area (Å²) in [5.74, 6) is -0.811. The lowest BCUT2D eigenvalue weighted by Crippen LogP contribution is -2.06. The zero-order valence-corrected chi connectivity index (χ0v) is 12.5. The van der Waals surface area contributed by atoms with Gasteiger partial charge < -0.3 is 9.67 Å². The molecule has 4 nitrogen and oxygen atoms in total. The average molecular weight is 294 g/mol. The molecule has 2 heterocycles. The van der Waals surface area contributed by atoms with Crippen molar-refractivity contribution in [1.29, 1.82) is 0 Å². The van der Waals surface area contributed by atoms with Crippen LogP contribution in [0.4, 0.5) is 0 Å². The lowest BCUT2D eigenvalue weighted by molar-refractivity contribution is -0.136. The number of aromatic nitrogens is 2. The molecule has 22 heavy (non-hydrogen) atoms. The van der Waals surface area contributed by atoms with E-state index in [1.165, 1.54) is 5.56 Å². The Bertz CT molecular complexity index is 807. The summed E-state index contributed by atoms with van der Waals surface area (Å²) in [5.41, 5.74) is 3.99. The second-order valence-electron chi connectivity index (χ2n) is 5.40. The molecule has 112 valence electrons. The van der Waals surface area contributed by atoms with E-state index >= 15 is 0 Å². The van der Waals surface area contributed by atoms with Crippen molar-refractivity contribution >= 4 is 17.0 Å². The van der Waals surface area contributed by atoms with Crippen LogP contribution >= 0.6 is 0 Å². The van der Waals surface area contributed by atoms with Gasteiger partial charge in [0.15, 0.2) is 0 Å². The number of hydrogen-bond donors (Lipinski definition) is 1. The van der Waals surface area contributed by atoms with E-state index in [1.807, 2.05) is 37.3 Å². The fourth-order valence-electron chi connectivity index (χ4n) is 2.90. The minimum absolute atomic E-state index is 0.0341. The third kappa shape index (κ3) is 2.72. The number of rotatable bonds is 5. The summed E-state index contributed by atoms with van der Waals surface area (Å²) in [4.78, 5) is 15.6. The molecule has 4 heteroatoms. The molecule has 2 aromatic heterocycles. The first-order valence-electron chi connectivity index (χ1n) is 7.35. The Morgan fingerprint density at radius 3 is 2.68 bits per heavy atom.